The third-order valence-electron chi connectivity index (χ3n) is 4.16. The summed E-state index contributed by atoms with van der Waals surface area (Å²) in [5, 5.41) is 3.00. The van der Waals surface area contributed by atoms with Crippen molar-refractivity contribution < 1.29 is 9.53 Å². The van der Waals surface area contributed by atoms with E-state index in [4.69, 9.17) is 4.74 Å². The molecule has 1 fully saturated rings. The molecule has 4 heteroatoms. The molecule has 3 rings (SSSR count). The van der Waals surface area contributed by atoms with Crippen molar-refractivity contribution in [2.75, 3.05) is 19.8 Å². The van der Waals surface area contributed by atoms with Crippen molar-refractivity contribution in [2.45, 2.75) is 19.8 Å². The Morgan fingerprint density at radius 1 is 1.30 bits per heavy atom. The van der Waals surface area contributed by atoms with Crippen LogP contribution in [0.15, 0.2) is 42.6 Å². The summed E-state index contributed by atoms with van der Waals surface area (Å²) in [5.41, 5.74) is 3.80. The van der Waals surface area contributed by atoms with E-state index in [1.54, 1.807) is 6.20 Å². The van der Waals surface area contributed by atoms with Gasteiger partial charge in [0, 0.05) is 30.5 Å². The van der Waals surface area contributed by atoms with Crippen LogP contribution in [0.3, 0.4) is 0 Å². The lowest BCUT2D eigenvalue weighted by atomic mass is 10.0. The predicted octanol–water partition coefficient (Wildman–Crippen LogP) is 3.21. The molecule has 1 saturated heterocycles. The first-order chi connectivity index (χ1) is 11.2. The van der Waals surface area contributed by atoms with Crippen molar-refractivity contribution in [2.24, 2.45) is 5.92 Å². The van der Waals surface area contributed by atoms with Crippen molar-refractivity contribution in [1.82, 2.24) is 10.3 Å². The number of rotatable bonds is 4. The van der Waals surface area contributed by atoms with Gasteiger partial charge in [-0.2, -0.15) is 0 Å². The highest BCUT2D eigenvalue weighted by Crippen LogP contribution is 2.18. The Labute approximate surface area is 136 Å². The second-order valence-electron chi connectivity index (χ2n) is 6.09. The van der Waals surface area contributed by atoms with Crippen LogP contribution >= 0.6 is 0 Å². The normalized spacial score (nSPS) is 17.7. The number of hydrogen-bond donors (Lipinski definition) is 1. The molecule has 0 bridgehead atoms. The van der Waals surface area contributed by atoms with E-state index in [-0.39, 0.29) is 5.91 Å². The van der Waals surface area contributed by atoms with Crippen LogP contribution < -0.4 is 5.32 Å². The Morgan fingerprint density at radius 2 is 2.13 bits per heavy atom. The van der Waals surface area contributed by atoms with E-state index in [1.165, 1.54) is 5.56 Å². The smallest absolute Gasteiger partial charge is 0.251 e. The summed E-state index contributed by atoms with van der Waals surface area (Å²) < 4.78 is 5.44. The van der Waals surface area contributed by atoms with Gasteiger partial charge in [0.05, 0.1) is 12.3 Å². The Morgan fingerprint density at radius 3 is 2.83 bits per heavy atom. The molecule has 1 aromatic carbocycles. The highest BCUT2D eigenvalue weighted by molar-refractivity contribution is 5.94. The standard InChI is InChI=1S/C19H22N2O2/c1-14-8-9-20-18(11-14)16-4-6-17(7-5-16)19(22)21-12-15-3-2-10-23-13-15/h4-9,11,15H,2-3,10,12-13H2,1H3,(H,21,22). The summed E-state index contributed by atoms with van der Waals surface area (Å²) in [6.07, 6.45) is 4.01. The van der Waals surface area contributed by atoms with Crippen molar-refractivity contribution in [1.29, 1.82) is 0 Å². The Kier molecular flexibility index (Phi) is 5.03. The maximum atomic E-state index is 12.2. The van der Waals surface area contributed by atoms with Gasteiger partial charge in [0.15, 0.2) is 0 Å². The number of amides is 1. The number of benzene rings is 1. The fourth-order valence-electron chi connectivity index (χ4n) is 2.79. The van der Waals surface area contributed by atoms with Crippen LogP contribution in [0.2, 0.25) is 0 Å². The average molecular weight is 310 g/mol. The van der Waals surface area contributed by atoms with Gasteiger partial charge >= 0.3 is 0 Å². The van der Waals surface area contributed by atoms with Crippen LogP contribution in [0.25, 0.3) is 11.3 Å². The molecule has 1 unspecified atom stereocenters. The Balaban J connectivity index is 1.61. The van der Waals surface area contributed by atoms with Crippen LogP contribution in [0.5, 0.6) is 0 Å². The van der Waals surface area contributed by atoms with Gasteiger partial charge in [-0.25, -0.2) is 0 Å². The predicted molar refractivity (Wildman–Crippen MR) is 90.3 cm³/mol. The summed E-state index contributed by atoms with van der Waals surface area (Å²) >= 11 is 0. The first kappa shape index (κ1) is 15.7. The van der Waals surface area contributed by atoms with Gasteiger partial charge in [0.25, 0.3) is 5.91 Å². The van der Waals surface area contributed by atoms with Crippen molar-refractivity contribution in [3.8, 4) is 11.3 Å². The molecule has 0 aliphatic carbocycles. The molecular formula is C19H22N2O2. The van der Waals surface area contributed by atoms with Crippen LogP contribution in [0.4, 0.5) is 0 Å². The van der Waals surface area contributed by atoms with Crippen molar-refractivity contribution >= 4 is 5.91 Å². The molecule has 1 aliphatic rings. The van der Waals surface area contributed by atoms with E-state index in [0.717, 1.165) is 37.3 Å². The second-order valence-corrected chi connectivity index (χ2v) is 6.09. The Bertz CT molecular complexity index is 661. The number of carbonyl (C=O) groups is 1. The second kappa shape index (κ2) is 7.38. The fourth-order valence-corrected chi connectivity index (χ4v) is 2.79. The van der Waals surface area contributed by atoms with Gasteiger partial charge in [0.1, 0.15) is 0 Å². The zero-order valence-corrected chi connectivity index (χ0v) is 13.4. The molecule has 4 nitrogen and oxygen atoms in total. The number of hydrogen-bond acceptors (Lipinski definition) is 3. The highest BCUT2D eigenvalue weighted by atomic mass is 16.5. The largest absolute Gasteiger partial charge is 0.381 e. The molecule has 0 spiro atoms. The topological polar surface area (TPSA) is 51.2 Å². The fraction of sp³-hybridized carbons (Fsp3) is 0.368. The summed E-state index contributed by atoms with van der Waals surface area (Å²) in [4.78, 5) is 16.6. The summed E-state index contributed by atoms with van der Waals surface area (Å²) in [6, 6.07) is 11.6. The minimum absolute atomic E-state index is 0.0284. The molecule has 120 valence electrons. The monoisotopic (exact) mass is 310 g/mol. The van der Waals surface area contributed by atoms with Crippen molar-refractivity contribution in [3.63, 3.8) is 0 Å². The molecule has 23 heavy (non-hydrogen) atoms. The molecule has 1 aliphatic heterocycles. The number of aromatic nitrogens is 1. The SMILES string of the molecule is Cc1ccnc(-c2ccc(C(=O)NCC3CCCOC3)cc2)c1. The lowest BCUT2D eigenvalue weighted by Crippen LogP contribution is -2.33. The molecule has 1 amide bonds. The number of ether oxygens (including phenoxy) is 1. The highest BCUT2D eigenvalue weighted by Gasteiger charge is 2.15. The van der Waals surface area contributed by atoms with Gasteiger partial charge < -0.3 is 10.1 Å². The first-order valence-electron chi connectivity index (χ1n) is 8.11. The van der Waals surface area contributed by atoms with E-state index >= 15 is 0 Å². The van der Waals surface area contributed by atoms with Gasteiger partial charge in [-0.3, -0.25) is 9.78 Å². The summed E-state index contributed by atoms with van der Waals surface area (Å²) in [7, 11) is 0. The lowest BCUT2D eigenvalue weighted by molar-refractivity contribution is 0.0536. The van der Waals surface area contributed by atoms with Crippen LogP contribution in [0.1, 0.15) is 28.8 Å². The Hall–Kier alpha value is -2.20. The molecule has 0 radical (unpaired) electrons. The zero-order chi connectivity index (χ0) is 16.1. The molecule has 2 heterocycles. The third kappa shape index (κ3) is 4.17. The molecular weight excluding hydrogens is 288 g/mol. The van der Waals surface area contributed by atoms with E-state index in [2.05, 4.69) is 10.3 Å². The molecule has 2 aromatic rings. The van der Waals surface area contributed by atoms with E-state index < -0.39 is 0 Å². The van der Waals surface area contributed by atoms with Crippen LogP contribution in [-0.2, 0) is 4.74 Å². The quantitative estimate of drug-likeness (QED) is 0.943. The average Bonchev–Trinajstić information content (AvgIpc) is 2.61. The number of nitrogens with zero attached hydrogens (tertiary/aromatic N) is 1. The number of nitrogens with one attached hydrogen (secondary N) is 1. The third-order valence-corrected chi connectivity index (χ3v) is 4.16. The first-order valence-corrected chi connectivity index (χ1v) is 8.11. The van der Waals surface area contributed by atoms with Crippen LogP contribution in [0, 0.1) is 12.8 Å². The van der Waals surface area contributed by atoms with E-state index in [0.29, 0.717) is 18.0 Å². The summed E-state index contributed by atoms with van der Waals surface area (Å²) in [5.74, 6) is 0.405. The van der Waals surface area contributed by atoms with Crippen LogP contribution in [-0.4, -0.2) is 30.6 Å². The zero-order valence-electron chi connectivity index (χ0n) is 13.4. The maximum absolute atomic E-state index is 12.2. The molecule has 1 N–H and O–H groups in total. The number of pyridine rings is 1. The van der Waals surface area contributed by atoms with Gasteiger partial charge in [-0.1, -0.05) is 12.1 Å². The van der Waals surface area contributed by atoms with Gasteiger partial charge in [-0.15, -0.1) is 0 Å². The van der Waals surface area contributed by atoms with Gasteiger partial charge in [-0.05, 0) is 55.5 Å². The molecule has 0 saturated carbocycles. The van der Waals surface area contributed by atoms with Gasteiger partial charge in [0.2, 0.25) is 0 Å². The number of aryl methyl sites for hydroxylation is 1. The van der Waals surface area contributed by atoms with E-state index in [9.17, 15) is 4.79 Å². The van der Waals surface area contributed by atoms with Crippen molar-refractivity contribution in [3.05, 3.63) is 53.7 Å². The lowest BCUT2D eigenvalue weighted by Gasteiger charge is -2.22. The minimum Gasteiger partial charge on any atom is -0.381 e. The molecule has 1 atom stereocenters. The number of carbonyl (C=O) groups excluding carboxylic acids is 1. The van der Waals surface area contributed by atoms with E-state index in [1.807, 2.05) is 43.3 Å². The summed E-state index contributed by atoms with van der Waals surface area (Å²) in [6.45, 7) is 4.32. The minimum atomic E-state index is -0.0284. The maximum Gasteiger partial charge on any atom is 0.251 e. The molecule has 1 aromatic heterocycles.